The van der Waals surface area contributed by atoms with E-state index in [9.17, 15) is 13.6 Å². The van der Waals surface area contributed by atoms with E-state index < -0.39 is 17.7 Å². The molecule has 0 aliphatic rings. The Kier molecular flexibility index (Phi) is 5.47. The Labute approximate surface area is 131 Å². The minimum absolute atomic E-state index is 0.0940. The summed E-state index contributed by atoms with van der Waals surface area (Å²) >= 11 is 0. The molecule has 0 saturated heterocycles. The van der Waals surface area contributed by atoms with Gasteiger partial charge in [-0.05, 0) is 30.3 Å². The molecule has 2 N–H and O–H groups in total. The summed E-state index contributed by atoms with van der Waals surface area (Å²) in [6.07, 6.45) is 0. The van der Waals surface area contributed by atoms with Gasteiger partial charge in [-0.25, -0.2) is 13.6 Å². The molecule has 5 nitrogen and oxygen atoms in total. The lowest BCUT2D eigenvalue weighted by Gasteiger charge is -2.09. The summed E-state index contributed by atoms with van der Waals surface area (Å²) in [4.78, 5) is 11.7. The largest absolute Gasteiger partial charge is 0.492 e. The second-order valence-electron chi connectivity index (χ2n) is 4.50. The number of nitriles is 1. The third kappa shape index (κ3) is 4.97. The molecule has 0 atom stereocenters. The summed E-state index contributed by atoms with van der Waals surface area (Å²) in [5, 5.41) is 13.9. The van der Waals surface area contributed by atoms with Crippen molar-refractivity contribution in [2.45, 2.75) is 0 Å². The van der Waals surface area contributed by atoms with E-state index in [-0.39, 0.29) is 18.9 Å². The maximum atomic E-state index is 13.0. The van der Waals surface area contributed by atoms with Gasteiger partial charge in [0.1, 0.15) is 12.4 Å². The standard InChI is InChI=1S/C16H13F2N3O2/c17-14-5-4-13(9-15(14)18)23-7-6-20-16(22)21-12-3-1-2-11(8-12)10-19/h1-5,8-9H,6-7H2,(H2,20,21,22). The van der Waals surface area contributed by atoms with Crippen LogP contribution in [0.15, 0.2) is 42.5 Å². The lowest BCUT2D eigenvalue weighted by atomic mass is 10.2. The maximum absolute atomic E-state index is 13.0. The van der Waals surface area contributed by atoms with E-state index >= 15 is 0 Å². The van der Waals surface area contributed by atoms with Crippen molar-refractivity contribution in [3.8, 4) is 11.8 Å². The lowest BCUT2D eigenvalue weighted by Crippen LogP contribution is -2.32. The number of benzene rings is 2. The Morgan fingerprint density at radius 2 is 2.00 bits per heavy atom. The first kappa shape index (κ1) is 16.2. The molecule has 0 saturated carbocycles. The average Bonchev–Trinajstić information content (AvgIpc) is 2.55. The number of urea groups is 1. The van der Waals surface area contributed by atoms with Crippen molar-refractivity contribution in [2.75, 3.05) is 18.5 Å². The van der Waals surface area contributed by atoms with Gasteiger partial charge in [-0.15, -0.1) is 0 Å². The number of nitrogens with one attached hydrogen (secondary N) is 2. The number of hydrogen-bond acceptors (Lipinski definition) is 3. The van der Waals surface area contributed by atoms with Crippen LogP contribution in [0.4, 0.5) is 19.3 Å². The lowest BCUT2D eigenvalue weighted by molar-refractivity contribution is 0.247. The molecule has 23 heavy (non-hydrogen) atoms. The van der Waals surface area contributed by atoms with E-state index in [2.05, 4.69) is 10.6 Å². The van der Waals surface area contributed by atoms with E-state index in [0.717, 1.165) is 12.1 Å². The maximum Gasteiger partial charge on any atom is 0.319 e. The minimum Gasteiger partial charge on any atom is -0.492 e. The number of ether oxygens (including phenoxy) is 1. The summed E-state index contributed by atoms with van der Waals surface area (Å²) in [5.74, 6) is -1.77. The molecule has 0 aromatic heterocycles. The summed E-state index contributed by atoms with van der Waals surface area (Å²) < 4.78 is 30.9. The van der Waals surface area contributed by atoms with Gasteiger partial charge >= 0.3 is 6.03 Å². The van der Waals surface area contributed by atoms with Gasteiger partial charge in [-0.3, -0.25) is 0 Å². The molecular weight excluding hydrogens is 304 g/mol. The Balaban J connectivity index is 1.74. The first-order valence-corrected chi connectivity index (χ1v) is 6.71. The third-order valence-corrected chi connectivity index (χ3v) is 2.80. The number of rotatable bonds is 5. The number of carbonyl (C=O) groups excluding carboxylic acids is 1. The fraction of sp³-hybridized carbons (Fsp3) is 0.125. The molecule has 0 aliphatic heterocycles. The summed E-state index contributed by atoms with van der Waals surface area (Å²) in [6.45, 7) is 0.263. The Morgan fingerprint density at radius 1 is 1.17 bits per heavy atom. The van der Waals surface area contributed by atoms with Crippen LogP contribution in [0.2, 0.25) is 0 Å². The fourth-order valence-corrected chi connectivity index (χ4v) is 1.74. The SMILES string of the molecule is N#Cc1cccc(NC(=O)NCCOc2ccc(F)c(F)c2)c1. The van der Waals surface area contributed by atoms with Crippen LogP contribution in [-0.4, -0.2) is 19.2 Å². The summed E-state index contributed by atoms with van der Waals surface area (Å²) in [5.41, 5.74) is 0.924. The molecule has 0 aliphatic carbocycles. The molecule has 2 aromatic rings. The smallest absolute Gasteiger partial charge is 0.319 e. The van der Waals surface area contributed by atoms with Crippen LogP contribution in [0.25, 0.3) is 0 Å². The van der Waals surface area contributed by atoms with Crippen molar-refractivity contribution >= 4 is 11.7 Å². The van der Waals surface area contributed by atoms with Gasteiger partial charge in [0, 0.05) is 11.8 Å². The van der Waals surface area contributed by atoms with Crippen LogP contribution in [-0.2, 0) is 0 Å². The Hall–Kier alpha value is -3.14. The number of anilines is 1. The molecule has 0 spiro atoms. The topological polar surface area (TPSA) is 74.2 Å². The van der Waals surface area contributed by atoms with Gasteiger partial charge in [-0.1, -0.05) is 6.07 Å². The highest BCUT2D eigenvalue weighted by atomic mass is 19.2. The van der Waals surface area contributed by atoms with Crippen molar-refractivity contribution in [1.82, 2.24) is 5.32 Å². The van der Waals surface area contributed by atoms with Crippen molar-refractivity contribution in [3.05, 3.63) is 59.7 Å². The van der Waals surface area contributed by atoms with Crippen LogP contribution in [0, 0.1) is 23.0 Å². The van der Waals surface area contributed by atoms with E-state index in [1.54, 1.807) is 18.2 Å². The first-order chi connectivity index (χ1) is 11.1. The number of carbonyl (C=O) groups is 1. The van der Waals surface area contributed by atoms with Crippen molar-refractivity contribution in [1.29, 1.82) is 5.26 Å². The zero-order valence-corrected chi connectivity index (χ0v) is 12.0. The predicted octanol–water partition coefficient (Wildman–Crippen LogP) is 3.04. The minimum atomic E-state index is -0.995. The summed E-state index contributed by atoms with van der Waals surface area (Å²) in [7, 11) is 0. The third-order valence-electron chi connectivity index (χ3n) is 2.80. The molecular formula is C16H13F2N3O2. The van der Waals surface area contributed by atoms with E-state index in [1.807, 2.05) is 6.07 Å². The highest BCUT2D eigenvalue weighted by Gasteiger charge is 2.04. The molecule has 2 rings (SSSR count). The van der Waals surface area contributed by atoms with Crippen molar-refractivity contribution < 1.29 is 18.3 Å². The number of nitrogens with zero attached hydrogens (tertiary/aromatic N) is 1. The van der Waals surface area contributed by atoms with Crippen LogP contribution >= 0.6 is 0 Å². The first-order valence-electron chi connectivity index (χ1n) is 6.71. The van der Waals surface area contributed by atoms with E-state index in [4.69, 9.17) is 10.00 Å². The van der Waals surface area contributed by atoms with Crippen molar-refractivity contribution in [2.24, 2.45) is 0 Å². The Bertz CT molecular complexity index is 744. The second kappa shape index (κ2) is 7.75. The monoisotopic (exact) mass is 317 g/mol. The van der Waals surface area contributed by atoms with Crippen LogP contribution < -0.4 is 15.4 Å². The van der Waals surface area contributed by atoms with E-state index in [0.29, 0.717) is 11.3 Å². The molecule has 0 radical (unpaired) electrons. The van der Waals surface area contributed by atoms with Gasteiger partial charge in [-0.2, -0.15) is 5.26 Å². The number of amides is 2. The molecule has 0 fully saturated rings. The molecule has 0 unspecified atom stereocenters. The summed E-state index contributed by atoms with van der Waals surface area (Å²) in [6, 6.07) is 11.2. The van der Waals surface area contributed by atoms with Gasteiger partial charge in [0.2, 0.25) is 0 Å². The van der Waals surface area contributed by atoms with Crippen LogP contribution in [0.5, 0.6) is 5.75 Å². The zero-order chi connectivity index (χ0) is 16.7. The predicted molar refractivity (Wildman–Crippen MR) is 80.0 cm³/mol. The quantitative estimate of drug-likeness (QED) is 0.832. The average molecular weight is 317 g/mol. The molecule has 2 aromatic carbocycles. The number of hydrogen-bond donors (Lipinski definition) is 2. The molecule has 0 bridgehead atoms. The zero-order valence-electron chi connectivity index (χ0n) is 12.0. The Morgan fingerprint density at radius 3 is 2.74 bits per heavy atom. The van der Waals surface area contributed by atoms with Gasteiger partial charge in [0.05, 0.1) is 18.2 Å². The van der Waals surface area contributed by atoms with Gasteiger partial charge in [0.25, 0.3) is 0 Å². The normalized spacial score (nSPS) is 9.78. The highest BCUT2D eigenvalue weighted by molar-refractivity contribution is 5.89. The molecule has 118 valence electrons. The molecule has 7 heteroatoms. The number of halogens is 2. The fourth-order valence-electron chi connectivity index (χ4n) is 1.74. The van der Waals surface area contributed by atoms with Crippen LogP contribution in [0.1, 0.15) is 5.56 Å². The van der Waals surface area contributed by atoms with E-state index in [1.165, 1.54) is 12.1 Å². The van der Waals surface area contributed by atoms with Gasteiger partial charge < -0.3 is 15.4 Å². The van der Waals surface area contributed by atoms with Gasteiger partial charge in [0.15, 0.2) is 11.6 Å². The second-order valence-corrected chi connectivity index (χ2v) is 4.50. The molecule has 2 amide bonds. The highest BCUT2D eigenvalue weighted by Crippen LogP contribution is 2.15. The van der Waals surface area contributed by atoms with Crippen molar-refractivity contribution in [3.63, 3.8) is 0 Å². The van der Waals surface area contributed by atoms with Crippen LogP contribution in [0.3, 0.4) is 0 Å². The molecule has 0 heterocycles.